The Morgan fingerprint density at radius 1 is 1.25 bits per heavy atom. The minimum absolute atomic E-state index is 0.253. The van der Waals surface area contributed by atoms with E-state index in [1.807, 2.05) is 0 Å². The highest BCUT2D eigenvalue weighted by Crippen LogP contribution is 2.19. The molecule has 1 heterocycles. The number of nitrogens with two attached hydrogens (primary N) is 1. The van der Waals surface area contributed by atoms with E-state index in [-0.39, 0.29) is 5.41 Å². The Labute approximate surface area is 76.1 Å². The molecule has 72 valence electrons. The van der Waals surface area contributed by atoms with E-state index in [1.54, 1.807) is 0 Å². The van der Waals surface area contributed by atoms with Crippen molar-refractivity contribution in [3.63, 3.8) is 0 Å². The lowest BCUT2D eigenvalue weighted by atomic mass is 9.87. The van der Waals surface area contributed by atoms with Crippen LogP contribution < -0.4 is 5.73 Å². The molecule has 1 rings (SSSR count). The molecule has 0 radical (unpaired) electrons. The van der Waals surface area contributed by atoms with Crippen molar-refractivity contribution in [1.82, 2.24) is 4.90 Å². The summed E-state index contributed by atoms with van der Waals surface area (Å²) in [5, 5.41) is 0. The molecule has 0 aromatic carbocycles. The fourth-order valence-electron chi connectivity index (χ4n) is 1.52. The maximum absolute atomic E-state index is 6.09. The van der Waals surface area contributed by atoms with E-state index in [2.05, 4.69) is 25.7 Å². The first kappa shape index (κ1) is 10.0. The van der Waals surface area contributed by atoms with Gasteiger partial charge in [0.25, 0.3) is 0 Å². The zero-order chi connectivity index (χ0) is 9.19. The van der Waals surface area contributed by atoms with Crippen LogP contribution in [0.4, 0.5) is 0 Å². The molecular formula is C10H22N2. The Morgan fingerprint density at radius 3 is 2.17 bits per heavy atom. The van der Waals surface area contributed by atoms with Gasteiger partial charge in [-0.05, 0) is 31.3 Å². The summed E-state index contributed by atoms with van der Waals surface area (Å²) < 4.78 is 0. The Bertz CT molecular complexity index is 131. The lowest BCUT2D eigenvalue weighted by Gasteiger charge is -2.30. The number of nitrogens with zero attached hydrogens (tertiary/aromatic N) is 1. The maximum Gasteiger partial charge on any atom is 0.0217 e. The summed E-state index contributed by atoms with van der Waals surface area (Å²) >= 11 is 0. The maximum atomic E-state index is 6.09. The molecular weight excluding hydrogens is 148 g/mol. The van der Waals surface area contributed by atoms with Gasteiger partial charge in [0.05, 0.1) is 0 Å². The summed E-state index contributed by atoms with van der Waals surface area (Å²) in [6.07, 6.45) is 2.72. The van der Waals surface area contributed by atoms with Gasteiger partial charge in [-0.1, -0.05) is 20.8 Å². The van der Waals surface area contributed by atoms with E-state index >= 15 is 0 Å². The van der Waals surface area contributed by atoms with Gasteiger partial charge in [0.15, 0.2) is 0 Å². The second kappa shape index (κ2) is 3.75. The predicted octanol–water partition coefficient (Wildman–Crippen LogP) is 1.46. The zero-order valence-electron chi connectivity index (χ0n) is 8.64. The Morgan fingerprint density at radius 2 is 1.75 bits per heavy atom. The molecule has 0 aliphatic carbocycles. The van der Waals surface area contributed by atoms with Crippen molar-refractivity contribution >= 4 is 0 Å². The third-order valence-electron chi connectivity index (χ3n) is 2.77. The van der Waals surface area contributed by atoms with Gasteiger partial charge in [0.2, 0.25) is 0 Å². The molecule has 2 nitrogen and oxygen atoms in total. The molecule has 1 aliphatic heterocycles. The first-order valence-electron chi connectivity index (χ1n) is 4.98. The van der Waals surface area contributed by atoms with Gasteiger partial charge in [0, 0.05) is 12.6 Å². The average molecular weight is 170 g/mol. The van der Waals surface area contributed by atoms with Crippen molar-refractivity contribution in [2.45, 2.75) is 39.7 Å². The summed E-state index contributed by atoms with van der Waals surface area (Å²) in [6.45, 7) is 10.2. The molecule has 1 aliphatic rings. The van der Waals surface area contributed by atoms with Gasteiger partial charge in [-0.2, -0.15) is 0 Å². The molecule has 1 fully saturated rings. The molecule has 0 aromatic heterocycles. The van der Waals surface area contributed by atoms with Gasteiger partial charge >= 0.3 is 0 Å². The Hall–Kier alpha value is -0.0800. The van der Waals surface area contributed by atoms with Crippen LogP contribution in [-0.4, -0.2) is 30.6 Å². The van der Waals surface area contributed by atoms with Crippen molar-refractivity contribution in [1.29, 1.82) is 0 Å². The SMILES string of the molecule is CC(C)(C)[C@H](N)CN1CCCC1. The summed E-state index contributed by atoms with van der Waals surface area (Å²) in [6, 6.07) is 0.315. The van der Waals surface area contributed by atoms with Crippen molar-refractivity contribution in [2.24, 2.45) is 11.1 Å². The van der Waals surface area contributed by atoms with Crippen LogP contribution >= 0.6 is 0 Å². The summed E-state index contributed by atoms with van der Waals surface area (Å²) in [5.41, 5.74) is 6.34. The molecule has 1 atom stereocenters. The number of hydrogen-bond acceptors (Lipinski definition) is 2. The quantitative estimate of drug-likeness (QED) is 0.680. The van der Waals surface area contributed by atoms with E-state index in [0.717, 1.165) is 6.54 Å². The van der Waals surface area contributed by atoms with Crippen LogP contribution in [0.1, 0.15) is 33.6 Å². The largest absolute Gasteiger partial charge is 0.326 e. The van der Waals surface area contributed by atoms with Crippen LogP contribution in [0.2, 0.25) is 0 Å². The lowest BCUT2D eigenvalue weighted by Crippen LogP contribution is -2.44. The zero-order valence-corrected chi connectivity index (χ0v) is 8.64. The van der Waals surface area contributed by atoms with Gasteiger partial charge < -0.3 is 10.6 Å². The Balaban J connectivity index is 2.30. The van der Waals surface area contributed by atoms with E-state index in [1.165, 1.54) is 25.9 Å². The number of hydrogen-bond donors (Lipinski definition) is 1. The topological polar surface area (TPSA) is 29.3 Å². The number of likely N-dealkylation sites (tertiary alicyclic amines) is 1. The first-order valence-corrected chi connectivity index (χ1v) is 4.98. The second-order valence-corrected chi connectivity index (χ2v) is 4.98. The standard InChI is InChI=1S/C10H22N2/c1-10(2,3)9(11)8-12-6-4-5-7-12/h9H,4-8,11H2,1-3H3/t9-/m1/s1. The summed E-state index contributed by atoms with van der Waals surface area (Å²) in [7, 11) is 0. The molecule has 0 bridgehead atoms. The highest BCUT2D eigenvalue weighted by molar-refractivity contribution is 4.81. The van der Waals surface area contributed by atoms with Crippen molar-refractivity contribution in [3.05, 3.63) is 0 Å². The monoisotopic (exact) mass is 170 g/mol. The lowest BCUT2D eigenvalue weighted by molar-refractivity contribution is 0.227. The van der Waals surface area contributed by atoms with Crippen LogP contribution in [0.25, 0.3) is 0 Å². The van der Waals surface area contributed by atoms with Crippen LogP contribution in [0.5, 0.6) is 0 Å². The van der Waals surface area contributed by atoms with Gasteiger partial charge in [-0.3, -0.25) is 0 Å². The highest BCUT2D eigenvalue weighted by Gasteiger charge is 2.23. The predicted molar refractivity (Wildman–Crippen MR) is 53.1 cm³/mol. The molecule has 0 saturated carbocycles. The average Bonchev–Trinajstić information content (AvgIpc) is 2.37. The third kappa shape index (κ3) is 2.76. The van der Waals surface area contributed by atoms with E-state index < -0.39 is 0 Å². The molecule has 1 saturated heterocycles. The highest BCUT2D eigenvalue weighted by atomic mass is 15.1. The summed E-state index contributed by atoms with van der Waals surface area (Å²) in [5.74, 6) is 0. The molecule has 2 N–H and O–H groups in total. The van der Waals surface area contributed by atoms with E-state index in [0.29, 0.717) is 6.04 Å². The summed E-state index contributed by atoms with van der Waals surface area (Å²) in [4.78, 5) is 2.48. The molecule has 0 amide bonds. The van der Waals surface area contributed by atoms with E-state index in [4.69, 9.17) is 5.73 Å². The molecule has 12 heavy (non-hydrogen) atoms. The normalized spacial score (nSPS) is 23.0. The fourth-order valence-corrected chi connectivity index (χ4v) is 1.52. The molecule has 2 heteroatoms. The number of rotatable bonds is 2. The fraction of sp³-hybridized carbons (Fsp3) is 1.00. The molecule has 0 aromatic rings. The minimum atomic E-state index is 0.253. The van der Waals surface area contributed by atoms with Crippen LogP contribution in [0, 0.1) is 5.41 Å². The smallest absolute Gasteiger partial charge is 0.0217 e. The van der Waals surface area contributed by atoms with Gasteiger partial charge in [-0.25, -0.2) is 0 Å². The van der Waals surface area contributed by atoms with Crippen LogP contribution in [0.3, 0.4) is 0 Å². The van der Waals surface area contributed by atoms with Crippen LogP contribution in [0.15, 0.2) is 0 Å². The van der Waals surface area contributed by atoms with Crippen molar-refractivity contribution in [2.75, 3.05) is 19.6 Å². The third-order valence-corrected chi connectivity index (χ3v) is 2.77. The van der Waals surface area contributed by atoms with Crippen LogP contribution in [-0.2, 0) is 0 Å². The van der Waals surface area contributed by atoms with Gasteiger partial charge in [0.1, 0.15) is 0 Å². The van der Waals surface area contributed by atoms with Crippen molar-refractivity contribution < 1.29 is 0 Å². The van der Waals surface area contributed by atoms with Gasteiger partial charge in [-0.15, -0.1) is 0 Å². The van der Waals surface area contributed by atoms with E-state index in [9.17, 15) is 0 Å². The Kier molecular flexibility index (Phi) is 3.13. The second-order valence-electron chi connectivity index (χ2n) is 4.98. The molecule has 0 spiro atoms. The minimum Gasteiger partial charge on any atom is -0.326 e. The first-order chi connectivity index (χ1) is 5.50. The van der Waals surface area contributed by atoms with Crippen molar-refractivity contribution in [3.8, 4) is 0 Å². The molecule has 0 unspecified atom stereocenters.